The number of para-hydroxylation sites is 1. The van der Waals surface area contributed by atoms with Gasteiger partial charge in [-0.05, 0) is 35.9 Å². The quantitative estimate of drug-likeness (QED) is 0.236. The van der Waals surface area contributed by atoms with Gasteiger partial charge in [0.05, 0.1) is 26.7 Å². The average molecular weight is 563 g/mol. The van der Waals surface area contributed by atoms with Gasteiger partial charge >= 0.3 is 0 Å². The largest absolute Gasteiger partial charge is 0.352 e. The molecular weight excluding hydrogens is 541 g/mol. The van der Waals surface area contributed by atoms with E-state index in [4.69, 9.17) is 39.8 Å². The molecule has 0 bridgehead atoms. The fraction of sp³-hybridized carbons (Fsp3) is 0.138. The minimum Gasteiger partial charge on any atom is -0.352 e. The molecule has 3 heterocycles. The highest BCUT2D eigenvalue weighted by Gasteiger charge is 2.27. The van der Waals surface area contributed by atoms with E-state index >= 15 is 0 Å². The van der Waals surface area contributed by atoms with Gasteiger partial charge in [0.15, 0.2) is 5.65 Å². The number of rotatable bonds is 4. The number of hydrogen-bond acceptors (Lipinski definition) is 4. The van der Waals surface area contributed by atoms with Crippen LogP contribution in [0.3, 0.4) is 0 Å². The molecule has 1 aliphatic heterocycles. The van der Waals surface area contributed by atoms with Crippen LogP contribution in [0.1, 0.15) is 10.4 Å². The van der Waals surface area contributed by atoms with E-state index in [0.29, 0.717) is 46.8 Å². The number of anilines is 1. The summed E-state index contributed by atoms with van der Waals surface area (Å²) in [4.78, 5) is 26.6. The normalized spacial score (nSPS) is 13.8. The van der Waals surface area contributed by atoms with Gasteiger partial charge in [0.2, 0.25) is 0 Å². The number of carbonyl (C=O) groups excluding carboxylic acids is 1. The second-order valence-corrected chi connectivity index (χ2v) is 10.3. The highest BCUT2D eigenvalue weighted by molar-refractivity contribution is 6.36. The van der Waals surface area contributed by atoms with Gasteiger partial charge in [-0.25, -0.2) is 9.97 Å². The first-order valence-electron chi connectivity index (χ1n) is 12.2. The third-order valence-electron chi connectivity index (χ3n) is 6.79. The van der Waals surface area contributed by atoms with Crippen molar-refractivity contribution in [3.63, 3.8) is 0 Å². The maximum absolute atomic E-state index is 13.2. The molecule has 0 saturated carbocycles. The van der Waals surface area contributed by atoms with Crippen molar-refractivity contribution in [3.05, 3.63) is 106 Å². The molecule has 5 aromatic rings. The Morgan fingerprint density at radius 3 is 2.26 bits per heavy atom. The van der Waals surface area contributed by atoms with E-state index in [1.54, 1.807) is 24.5 Å². The summed E-state index contributed by atoms with van der Waals surface area (Å²) >= 11 is 18.9. The van der Waals surface area contributed by atoms with Crippen LogP contribution in [-0.4, -0.2) is 51.5 Å². The zero-order valence-corrected chi connectivity index (χ0v) is 22.5. The number of fused-ring (bicyclic) bond motifs is 1. The molecule has 0 spiro atoms. The molecule has 6 rings (SSSR count). The maximum atomic E-state index is 13.2. The Balaban J connectivity index is 1.37. The number of amides is 1. The lowest BCUT2D eigenvalue weighted by Crippen LogP contribution is -2.49. The molecule has 190 valence electrons. The van der Waals surface area contributed by atoms with Crippen molar-refractivity contribution in [3.8, 4) is 16.8 Å². The fourth-order valence-corrected chi connectivity index (χ4v) is 5.62. The van der Waals surface area contributed by atoms with Crippen molar-refractivity contribution in [1.29, 1.82) is 0 Å². The summed E-state index contributed by atoms with van der Waals surface area (Å²) in [5.41, 5.74) is 4.15. The molecule has 9 heteroatoms. The highest BCUT2D eigenvalue weighted by Crippen LogP contribution is 2.38. The molecule has 0 atom stereocenters. The molecule has 3 aromatic carbocycles. The molecule has 6 nitrogen and oxygen atoms in total. The van der Waals surface area contributed by atoms with Crippen molar-refractivity contribution < 1.29 is 4.79 Å². The summed E-state index contributed by atoms with van der Waals surface area (Å²) in [5.74, 6) is 0.727. The first-order valence-corrected chi connectivity index (χ1v) is 13.3. The van der Waals surface area contributed by atoms with Crippen molar-refractivity contribution in [2.45, 2.75) is 0 Å². The van der Waals surface area contributed by atoms with E-state index in [9.17, 15) is 4.79 Å². The van der Waals surface area contributed by atoms with Crippen LogP contribution in [-0.2, 0) is 0 Å². The lowest BCUT2D eigenvalue weighted by atomic mass is 10.1. The van der Waals surface area contributed by atoms with Gasteiger partial charge in [0.25, 0.3) is 5.91 Å². The monoisotopic (exact) mass is 561 g/mol. The zero-order chi connectivity index (χ0) is 26.2. The van der Waals surface area contributed by atoms with Gasteiger partial charge in [-0.15, -0.1) is 0 Å². The smallest absolute Gasteiger partial charge is 0.255 e. The zero-order valence-electron chi connectivity index (χ0n) is 20.2. The number of aromatic nitrogens is 3. The van der Waals surface area contributed by atoms with E-state index in [2.05, 4.69) is 28.2 Å². The molecule has 38 heavy (non-hydrogen) atoms. The SMILES string of the molecule is O=C(c1ccc(Cl)cc1Cl)N1CCN(c2ncnc3c2c(-c2ccccc2)cn3-c2ccccc2Cl)CC1. The van der Waals surface area contributed by atoms with Gasteiger partial charge in [-0.1, -0.05) is 77.3 Å². The van der Waals surface area contributed by atoms with Crippen LogP contribution >= 0.6 is 34.8 Å². The third kappa shape index (κ3) is 4.49. The molecule has 1 saturated heterocycles. The van der Waals surface area contributed by atoms with Crippen molar-refractivity contribution in [2.75, 3.05) is 31.1 Å². The van der Waals surface area contributed by atoms with E-state index in [-0.39, 0.29) is 5.91 Å². The van der Waals surface area contributed by atoms with Crippen molar-refractivity contribution >= 4 is 57.6 Å². The summed E-state index contributed by atoms with van der Waals surface area (Å²) in [6.45, 7) is 2.31. The highest BCUT2D eigenvalue weighted by atomic mass is 35.5. The van der Waals surface area contributed by atoms with E-state index in [1.165, 1.54) is 0 Å². The first kappa shape index (κ1) is 24.7. The van der Waals surface area contributed by atoms with Crippen LogP contribution in [0.25, 0.3) is 27.8 Å². The minimum atomic E-state index is -0.103. The second kappa shape index (κ2) is 10.3. The molecule has 1 amide bonds. The van der Waals surface area contributed by atoms with E-state index in [1.807, 2.05) is 51.9 Å². The lowest BCUT2D eigenvalue weighted by molar-refractivity contribution is 0.0747. The Bertz CT molecular complexity index is 1650. The van der Waals surface area contributed by atoms with Crippen LogP contribution in [0.5, 0.6) is 0 Å². The van der Waals surface area contributed by atoms with Crippen LogP contribution in [0.4, 0.5) is 5.82 Å². The Morgan fingerprint density at radius 1 is 0.789 bits per heavy atom. The Morgan fingerprint density at radius 2 is 1.53 bits per heavy atom. The number of halogens is 3. The van der Waals surface area contributed by atoms with Crippen LogP contribution in [0.2, 0.25) is 15.1 Å². The molecule has 1 aliphatic rings. The Hall–Kier alpha value is -3.58. The number of piperazine rings is 1. The predicted molar refractivity (Wildman–Crippen MR) is 154 cm³/mol. The van der Waals surface area contributed by atoms with Crippen LogP contribution < -0.4 is 4.90 Å². The van der Waals surface area contributed by atoms with Gasteiger partial charge < -0.3 is 9.80 Å². The van der Waals surface area contributed by atoms with Gasteiger partial charge in [-0.2, -0.15) is 0 Å². The van der Waals surface area contributed by atoms with Crippen molar-refractivity contribution in [2.24, 2.45) is 0 Å². The van der Waals surface area contributed by atoms with E-state index < -0.39 is 0 Å². The van der Waals surface area contributed by atoms with Crippen LogP contribution in [0.15, 0.2) is 85.3 Å². The third-order valence-corrected chi connectivity index (χ3v) is 7.66. The van der Waals surface area contributed by atoms with Gasteiger partial charge in [-0.3, -0.25) is 9.36 Å². The predicted octanol–water partition coefficient (Wildman–Crippen LogP) is 7.01. The maximum Gasteiger partial charge on any atom is 0.255 e. The Kier molecular flexibility index (Phi) is 6.70. The standard InChI is InChI=1S/C29H22Cl3N5O/c30-20-10-11-21(24(32)16-20)29(38)36-14-12-35(13-15-36)27-26-22(19-6-2-1-3-7-19)17-37(28(26)34-18-33-27)25-9-5-4-8-23(25)31/h1-11,16-18H,12-15H2. The number of nitrogens with zero attached hydrogens (tertiary/aromatic N) is 5. The molecular formula is C29H22Cl3N5O. The number of hydrogen-bond donors (Lipinski definition) is 0. The lowest BCUT2D eigenvalue weighted by Gasteiger charge is -2.36. The fourth-order valence-electron chi connectivity index (χ4n) is 4.91. The molecule has 0 N–H and O–H groups in total. The van der Waals surface area contributed by atoms with E-state index in [0.717, 1.165) is 33.7 Å². The number of benzene rings is 3. The molecule has 0 aliphatic carbocycles. The summed E-state index contributed by atoms with van der Waals surface area (Å²) in [6.07, 6.45) is 3.66. The van der Waals surface area contributed by atoms with Gasteiger partial charge in [0.1, 0.15) is 12.1 Å². The Labute approximate surface area is 235 Å². The van der Waals surface area contributed by atoms with Gasteiger partial charge in [0, 0.05) is 43.0 Å². The number of carbonyl (C=O) groups is 1. The first-order chi connectivity index (χ1) is 18.5. The summed E-state index contributed by atoms with van der Waals surface area (Å²) < 4.78 is 2.02. The average Bonchev–Trinajstić information content (AvgIpc) is 3.33. The van der Waals surface area contributed by atoms with Crippen LogP contribution in [0, 0.1) is 0 Å². The summed E-state index contributed by atoms with van der Waals surface area (Å²) in [5, 5.41) is 2.44. The second-order valence-electron chi connectivity index (χ2n) is 9.03. The van der Waals surface area contributed by atoms with Crippen molar-refractivity contribution in [1.82, 2.24) is 19.4 Å². The molecule has 0 radical (unpaired) electrons. The molecule has 1 fully saturated rings. The minimum absolute atomic E-state index is 0.103. The summed E-state index contributed by atoms with van der Waals surface area (Å²) in [6, 6.07) is 22.9. The molecule has 0 unspecified atom stereocenters. The topological polar surface area (TPSA) is 54.3 Å². The summed E-state index contributed by atoms with van der Waals surface area (Å²) in [7, 11) is 0. The molecule has 2 aromatic heterocycles.